The van der Waals surface area contributed by atoms with Crippen LogP contribution in [0.4, 0.5) is 0 Å². The third-order valence-corrected chi connectivity index (χ3v) is 6.20. The first kappa shape index (κ1) is 20.8. The molecule has 1 heterocycles. The summed E-state index contributed by atoms with van der Waals surface area (Å²) in [5.74, 6) is -2.64. The molecule has 29 heavy (non-hydrogen) atoms. The van der Waals surface area contributed by atoms with Gasteiger partial charge >= 0.3 is 11.8 Å². The highest BCUT2D eigenvalue weighted by molar-refractivity contribution is 7.90. The first-order chi connectivity index (χ1) is 13.7. The van der Waals surface area contributed by atoms with E-state index in [9.17, 15) is 22.8 Å². The van der Waals surface area contributed by atoms with E-state index < -0.39 is 33.8 Å². The summed E-state index contributed by atoms with van der Waals surface area (Å²) in [6.07, 6.45) is 2.24. The van der Waals surface area contributed by atoms with E-state index >= 15 is 0 Å². The van der Waals surface area contributed by atoms with Crippen molar-refractivity contribution in [3.63, 3.8) is 0 Å². The largest absolute Gasteiger partial charge is 0.345 e. The molecule has 3 rings (SSSR count). The molecule has 0 spiro atoms. The van der Waals surface area contributed by atoms with Gasteiger partial charge in [-0.15, -0.1) is 0 Å². The Labute approximate surface area is 168 Å². The number of nitrogens with one attached hydrogen (secondary N) is 4. The molecule has 1 fully saturated rings. The summed E-state index contributed by atoms with van der Waals surface area (Å²) in [6.45, 7) is 3.64. The average Bonchev–Trinajstić information content (AvgIpc) is 3.47. The smallest absolute Gasteiger partial charge is 0.327 e. The van der Waals surface area contributed by atoms with Gasteiger partial charge in [0.05, 0.1) is 4.90 Å². The maximum absolute atomic E-state index is 12.6. The fourth-order valence-electron chi connectivity index (χ4n) is 2.76. The number of fused-ring (bicyclic) bond motifs is 1. The minimum absolute atomic E-state index is 0.0127. The van der Waals surface area contributed by atoms with Crippen LogP contribution in [0.1, 0.15) is 38.7 Å². The Morgan fingerprint density at radius 2 is 1.86 bits per heavy atom. The highest BCUT2D eigenvalue weighted by atomic mass is 32.2. The number of hydrazine groups is 1. The molecule has 0 bridgehead atoms. The standard InChI is InChI=1S/C18H23N5O5S/c1-3-10(2)14(16(24)21-22-18(26)17(25)19-11-8-9-11)20-15-12-6-4-5-7-13(12)29(27,28)23-15/h4-7,10-11,14H,3,8-9H2,1-2H3,(H,19,25)(H,20,23)(H,21,24)(H,22,26)/t10-,14-/m0/s1. The lowest BCUT2D eigenvalue weighted by Gasteiger charge is -2.19. The van der Waals surface area contributed by atoms with Crippen molar-refractivity contribution in [3.05, 3.63) is 29.8 Å². The van der Waals surface area contributed by atoms with Crippen molar-refractivity contribution < 1.29 is 22.8 Å². The Kier molecular flexibility index (Phi) is 5.87. The zero-order chi connectivity index (χ0) is 21.2. The van der Waals surface area contributed by atoms with Crippen LogP contribution in [0, 0.1) is 5.92 Å². The number of carbonyl (C=O) groups is 3. The molecule has 11 heteroatoms. The van der Waals surface area contributed by atoms with Crippen molar-refractivity contribution in [1.82, 2.24) is 20.9 Å². The molecular formula is C18H23N5O5S. The molecule has 2 atom stereocenters. The zero-order valence-corrected chi connectivity index (χ0v) is 16.9. The number of nitrogens with zero attached hydrogens (tertiary/aromatic N) is 1. The average molecular weight is 421 g/mol. The van der Waals surface area contributed by atoms with Crippen LogP contribution in [0.2, 0.25) is 0 Å². The molecule has 156 valence electrons. The molecule has 0 unspecified atom stereocenters. The van der Waals surface area contributed by atoms with Gasteiger partial charge in [0.1, 0.15) is 11.9 Å². The van der Waals surface area contributed by atoms with Crippen molar-refractivity contribution in [2.75, 3.05) is 0 Å². The second-order valence-electron chi connectivity index (χ2n) is 7.10. The molecule has 0 radical (unpaired) electrons. The van der Waals surface area contributed by atoms with Gasteiger partial charge in [-0.05, 0) is 30.9 Å². The van der Waals surface area contributed by atoms with Gasteiger partial charge in [0.2, 0.25) is 0 Å². The van der Waals surface area contributed by atoms with Crippen LogP contribution in [-0.4, -0.2) is 44.1 Å². The minimum atomic E-state index is -3.74. The van der Waals surface area contributed by atoms with Gasteiger partial charge in [0.15, 0.2) is 0 Å². The van der Waals surface area contributed by atoms with E-state index in [4.69, 9.17) is 0 Å². The first-order valence-corrected chi connectivity index (χ1v) is 10.8. The van der Waals surface area contributed by atoms with E-state index in [1.807, 2.05) is 6.92 Å². The fraction of sp³-hybridized carbons (Fsp3) is 0.444. The monoisotopic (exact) mass is 421 g/mol. The zero-order valence-electron chi connectivity index (χ0n) is 16.1. The van der Waals surface area contributed by atoms with E-state index in [0.717, 1.165) is 12.8 Å². The second kappa shape index (κ2) is 8.19. The summed E-state index contributed by atoms with van der Waals surface area (Å²) < 4.78 is 26.8. The number of hydrogen-bond acceptors (Lipinski definition) is 6. The van der Waals surface area contributed by atoms with Crippen LogP contribution in [0.15, 0.2) is 34.2 Å². The predicted molar refractivity (Wildman–Crippen MR) is 104 cm³/mol. The number of rotatable bonds is 5. The lowest BCUT2D eigenvalue weighted by molar-refractivity contribution is -0.141. The molecule has 2 aliphatic rings. The Morgan fingerprint density at radius 3 is 2.52 bits per heavy atom. The summed E-state index contributed by atoms with van der Waals surface area (Å²) in [4.78, 5) is 40.5. The van der Waals surface area contributed by atoms with Crippen molar-refractivity contribution in [2.24, 2.45) is 10.9 Å². The lowest BCUT2D eigenvalue weighted by Crippen LogP contribution is -2.52. The van der Waals surface area contributed by atoms with Crippen molar-refractivity contribution in [2.45, 2.75) is 50.1 Å². The highest BCUT2D eigenvalue weighted by Crippen LogP contribution is 2.24. The van der Waals surface area contributed by atoms with Crippen LogP contribution in [0.25, 0.3) is 0 Å². The molecule has 3 amide bonds. The summed E-state index contributed by atoms with van der Waals surface area (Å²) in [7, 11) is -3.74. The number of sulfonamides is 1. The Bertz CT molecular complexity index is 971. The maximum Gasteiger partial charge on any atom is 0.327 e. The van der Waals surface area contributed by atoms with Crippen LogP contribution in [0.5, 0.6) is 0 Å². The molecule has 1 aliphatic carbocycles. The third-order valence-electron chi connectivity index (χ3n) is 4.80. The Morgan fingerprint density at radius 1 is 1.17 bits per heavy atom. The Balaban J connectivity index is 1.74. The second-order valence-corrected chi connectivity index (χ2v) is 8.75. The number of amides is 3. The van der Waals surface area contributed by atoms with Gasteiger partial charge in [-0.1, -0.05) is 32.4 Å². The summed E-state index contributed by atoms with van der Waals surface area (Å²) >= 11 is 0. The Hall–Kier alpha value is -2.95. The SMILES string of the molecule is CC[C@H](C)[C@H](N=C1NS(=O)(=O)c2ccccc21)C(=O)NNC(=O)C(=O)NC1CC1. The van der Waals surface area contributed by atoms with Crippen molar-refractivity contribution >= 4 is 33.6 Å². The molecule has 0 saturated heterocycles. The van der Waals surface area contributed by atoms with E-state index in [-0.39, 0.29) is 22.7 Å². The summed E-state index contributed by atoms with van der Waals surface area (Å²) in [6, 6.07) is 5.36. The number of hydrogen-bond donors (Lipinski definition) is 4. The first-order valence-electron chi connectivity index (χ1n) is 9.33. The molecule has 1 saturated carbocycles. The number of aliphatic imine (C=N–C) groups is 1. The van der Waals surface area contributed by atoms with Gasteiger partial charge in [0.25, 0.3) is 15.9 Å². The summed E-state index contributed by atoms with van der Waals surface area (Å²) in [5, 5.41) is 2.51. The topological polar surface area (TPSA) is 146 Å². The van der Waals surface area contributed by atoms with Crippen LogP contribution in [0.3, 0.4) is 0 Å². The number of amidine groups is 1. The van der Waals surface area contributed by atoms with E-state index in [1.54, 1.807) is 25.1 Å². The quantitative estimate of drug-likeness (QED) is 0.376. The number of benzene rings is 1. The molecule has 10 nitrogen and oxygen atoms in total. The molecule has 4 N–H and O–H groups in total. The highest BCUT2D eigenvalue weighted by Gasteiger charge is 2.33. The predicted octanol–water partition coefficient (Wildman–Crippen LogP) is -0.434. The van der Waals surface area contributed by atoms with Gasteiger partial charge in [-0.2, -0.15) is 0 Å². The normalized spacial score (nSPS) is 20.1. The van der Waals surface area contributed by atoms with Crippen LogP contribution in [-0.2, 0) is 24.4 Å². The van der Waals surface area contributed by atoms with E-state index in [2.05, 4.69) is 25.9 Å². The maximum atomic E-state index is 12.6. The molecule has 1 aliphatic heterocycles. The minimum Gasteiger partial charge on any atom is -0.345 e. The van der Waals surface area contributed by atoms with Gasteiger partial charge in [0, 0.05) is 11.6 Å². The van der Waals surface area contributed by atoms with Crippen LogP contribution < -0.4 is 20.9 Å². The number of carbonyl (C=O) groups excluding carboxylic acids is 3. The molecule has 1 aromatic rings. The van der Waals surface area contributed by atoms with Gasteiger partial charge in [-0.25, -0.2) is 8.42 Å². The van der Waals surface area contributed by atoms with Crippen molar-refractivity contribution in [3.8, 4) is 0 Å². The molecular weight excluding hydrogens is 398 g/mol. The summed E-state index contributed by atoms with van der Waals surface area (Å²) in [5.41, 5.74) is 4.66. The van der Waals surface area contributed by atoms with Gasteiger partial charge < -0.3 is 5.32 Å². The third kappa shape index (κ3) is 4.73. The van der Waals surface area contributed by atoms with E-state index in [1.165, 1.54) is 6.07 Å². The van der Waals surface area contributed by atoms with Crippen molar-refractivity contribution in [1.29, 1.82) is 0 Å². The van der Waals surface area contributed by atoms with Gasteiger partial charge in [-0.3, -0.25) is 34.9 Å². The van der Waals surface area contributed by atoms with E-state index in [0.29, 0.717) is 12.0 Å². The molecule has 1 aromatic carbocycles. The molecule has 0 aromatic heterocycles. The lowest BCUT2D eigenvalue weighted by atomic mass is 9.99. The fourth-order valence-corrected chi connectivity index (χ4v) is 4.00. The van der Waals surface area contributed by atoms with Crippen LogP contribution >= 0.6 is 0 Å².